The lowest BCUT2D eigenvalue weighted by molar-refractivity contribution is 0.0922. The monoisotopic (exact) mass is 364 g/mol. The molecule has 0 bridgehead atoms. The minimum Gasteiger partial charge on any atom is -0.497 e. The molecule has 0 radical (unpaired) electrons. The van der Waals surface area contributed by atoms with Gasteiger partial charge in [0.25, 0.3) is 0 Å². The van der Waals surface area contributed by atoms with E-state index in [0.29, 0.717) is 22.6 Å². The van der Waals surface area contributed by atoms with Crippen LogP contribution in [0.15, 0.2) is 45.6 Å². The molecule has 3 aromatic rings. The summed E-state index contributed by atoms with van der Waals surface area (Å²) in [6.45, 7) is 1.82. The van der Waals surface area contributed by atoms with Crippen molar-refractivity contribution >= 4 is 16.8 Å². The van der Waals surface area contributed by atoms with Crippen molar-refractivity contribution in [3.8, 4) is 11.5 Å². The Kier molecular flexibility index (Phi) is 4.44. The first-order valence-corrected chi connectivity index (χ1v) is 8.96. The second-order valence-electron chi connectivity index (χ2n) is 6.78. The molecule has 1 aliphatic rings. The van der Waals surface area contributed by atoms with Gasteiger partial charge >= 0.3 is 5.63 Å². The molecule has 0 N–H and O–H groups in total. The summed E-state index contributed by atoms with van der Waals surface area (Å²) < 4.78 is 16.5. The molecular formula is C22H20O5. The maximum atomic E-state index is 12.5. The zero-order chi connectivity index (χ0) is 19.0. The van der Waals surface area contributed by atoms with Gasteiger partial charge in [0, 0.05) is 11.1 Å². The molecule has 0 amide bonds. The summed E-state index contributed by atoms with van der Waals surface area (Å²) in [5.41, 5.74) is 3.46. The Labute approximate surface area is 156 Å². The number of carbonyl (C=O) groups is 1. The first kappa shape index (κ1) is 17.3. The van der Waals surface area contributed by atoms with Gasteiger partial charge in [-0.05, 0) is 73.7 Å². The first-order chi connectivity index (χ1) is 13.1. The normalized spacial score (nSPS) is 12.8. The Morgan fingerprint density at radius 3 is 2.59 bits per heavy atom. The Bertz CT molecular complexity index is 1080. The fourth-order valence-electron chi connectivity index (χ4n) is 3.62. The van der Waals surface area contributed by atoms with Gasteiger partial charge in [0.15, 0.2) is 12.4 Å². The number of carbonyl (C=O) groups excluding carboxylic acids is 1. The molecule has 0 spiro atoms. The lowest BCUT2D eigenvalue weighted by Gasteiger charge is -2.12. The maximum Gasteiger partial charge on any atom is 0.339 e. The van der Waals surface area contributed by atoms with Crippen LogP contribution in [-0.4, -0.2) is 19.5 Å². The highest BCUT2D eigenvalue weighted by atomic mass is 16.5. The molecule has 0 unspecified atom stereocenters. The van der Waals surface area contributed by atoms with Gasteiger partial charge in [0.05, 0.1) is 12.5 Å². The van der Waals surface area contributed by atoms with E-state index in [2.05, 4.69) is 0 Å². The Hall–Kier alpha value is -3.08. The van der Waals surface area contributed by atoms with Crippen LogP contribution < -0.4 is 15.1 Å². The molecule has 0 aliphatic heterocycles. The van der Waals surface area contributed by atoms with E-state index in [9.17, 15) is 9.59 Å². The van der Waals surface area contributed by atoms with Crippen LogP contribution in [0.1, 0.15) is 33.5 Å². The number of aryl methyl sites for hydroxylation is 2. The standard InChI is InChI=1S/C22H20O5/c1-13-10-19(26-12-18(23)14-6-8-15(25-2)9-7-14)21-16-4-3-5-17(16)22(24)27-20(21)11-13/h6-11H,3-5,12H2,1-2H3. The molecule has 4 rings (SSSR count). The molecule has 1 aliphatic carbocycles. The maximum absolute atomic E-state index is 12.5. The van der Waals surface area contributed by atoms with Crippen LogP contribution in [0.25, 0.3) is 11.0 Å². The number of ether oxygens (including phenoxy) is 2. The number of rotatable bonds is 5. The summed E-state index contributed by atoms with van der Waals surface area (Å²) in [7, 11) is 1.58. The fraction of sp³-hybridized carbons (Fsp3) is 0.273. The third-order valence-corrected chi connectivity index (χ3v) is 4.95. The highest BCUT2D eigenvalue weighted by molar-refractivity contribution is 5.97. The molecule has 5 nitrogen and oxygen atoms in total. The number of benzene rings is 2. The van der Waals surface area contributed by atoms with E-state index in [1.54, 1.807) is 31.4 Å². The van der Waals surface area contributed by atoms with E-state index >= 15 is 0 Å². The van der Waals surface area contributed by atoms with Crippen molar-refractivity contribution in [2.24, 2.45) is 0 Å². The molecule has 1 heterocycles. The van der Waals surface area contributed by atoms with Crippen LogP contribution in [0.3, 0.4) is 0 Å². The molecule has 138 valence electrons. The molecular weight excluding hydrogens is 344 g/mol. The smallest absolute Gasteiger partial charge is 0.339 e. The van der Waals surface area contributed by atoms with E-state index in [1.807, 2.05) is 19.1 Å². The van der Waals surface area contributed by atoms with Gasteiger partial charge in [-0.25, -0.2) is 4.79 Å². The first-order valence-electron chi connectivity index (χ1n) is 8.96. The van der Waals surface area contributed by atoms with Crippen LogP contribution in [0.4, 0.5) is 0 Å². The largest absolute Gasteiger partial charge is 0.497 e. The quantitative estimate of drug-likeness (QED) is 0.508. The van der Waals surface area contributed by atoms with E-state index in [1.165, 1.54) is 0 Å². The minimum atomic E-state index is -0.263. The molecule has 0 fully saturated rings. The van der Waals surface area contributed by atoms with Gasteiger partial charge in [-0.1, -0.05) is 0 Å². The third-order valence-electron chi connectivity index (χ3n) is 4.95. The van der Waals surface area contributed by atoms with E-state index in [0.717, 1.165) is 41.3 Å². The minimum absolute atomic E-state index is 0.0845. The second kappa shape index (κ2) is 6.91. The molecule has 0 saturated carbocycles. The Morgan fingerprint density at radius 2 is 1.85 bits per heavy atom. The number of ketones is 1. The van der Waals surface area contributed by atoms with Gasteiger partial charge in [0.2, 0.25) is 0 Å². The predicted molar refractivity (Wildman–Crippen MR) is 102 cm³/mol. The van der Waals surface area contributed by atoms with Gasteiger partial charge in [0.1, 0.15) is 17.1 Å². The lowest BCUT2D eigenvalue weighted by atomic mass is 10.0. The number of fused-ring (bicyclic) bond motifs is 3. The van der Waals surface area contributed by atoms with Gasteiger partial charge in [-0.15, -0.1) is 0 Å². The van der Waals surface area contributed by atoms with E-state index in [-0.39, 0.29) is 18.0 Å². The lowest BCUT2D eigenvalue weighted by Crippen LogP contribution is -2.13. The van der Waals surface area contributed by atoms with Crippen molar-refractivity contribution in [2.45, 2.75) is 26.2 Å². The summed E-state index contributed by atoms with van der Waals surface area (Å²) in [4.78, 5) is 24.7. The summed E-state index contributed by atoms with van der Waals surface area (Å²) in [6, 6.07) is 10.7. The van der Waals surface area contributed by atoms with Crippen LogP contribution in [0.5, 0.6) is 11.5 Å². The van der Waals surface area contributed by atoms with Crippen molar-refractivity contribution in [2.75, 3.05) is 13.7 Å². The highest BCUT2D eigenvalue weighted by Crippen LogP contribution is 2.35. The highest BCUT2D eigenvalue weighted by Gasteiger charge is 2.22. The molecule has 2 aromatic carbocycles. The van der Waals surface area contributed by atoms with Crippen molar-refractivity contribution in [3.05, 3.63) is 69.1 Å². The van der Waals surface area contributed by atoms with Crippen LogP contribution in [0, 0.1) is 6.92 Å². The zero-order valence-electron chi connectivity index (χ0n) is 15.3. The summed E-state index contributed by atoms with van der Waals surface area (Å²) in [5.74, 6) is 1.16. The van der Waals surface area contributed by atoms with Gasteiger partial charge < -0.3 is 13.9 Å². The third kappa shape index (κ3) is 3.21. The zero-order valence-corrected chi connectivity index (χ0v) is 15.3. The average Bonchev–Trinajstić information content (AvgIpc) is 3.16. The Morgan fingerprint density at radius 1 is 1.11 bits per heavy atom. The van der Waals surface area contributed by atoms with E-state index < -0.39 is 0 Å². The molecule has 0 saturated heterocycles. The fourth-order valence-corrected chi connectivity index (χ4v) is 3.62. The van der Waals surface area contributed by atoms with Crippen LogP contribution in [-0.2, 0) is 12.8 Å². The number of methoxy groups -OCH3 is 1. The van der Waals surface area contributed by atoms with Crippen LogP contribution >= 0.6 is 0 Å². The Balaban J connectivity index is 1.66. The SMILES string of the molecule is COc1ccc(C(=O)COc2cc(C)cc3oc(=O)c4c(c23)CCC4)cc1. The molecule has 27 heavy (non-hydrogen) atoms. The van der Waals surface area contributed by atoms with Crippen molar-refractivity contribution in [3.63, 3.8) is 0 Å². The summed E-state index contributed by atoms with van der Waals surface area (Å²) in [6.07, 6.45) is 2.48. The molecule has 5 heteroatoms. The van der Waals surface area contributed by atoms with Gasteiger partial charge in [-0.3, -0.25) is 4.79 Å². The second-order valence-corrected chi connectivity index (χ2v) is 6.78. The molecule has 0 atom stereocenters. The topological polar surface area (TPSA) is 65.7 Å². The predicted octanol–water partition coefficient (Wildman–Crippen LogP) is 3.86. The average molecular weight is 364 g/mol. The van der Waals surface area contributed by atoms with Crippen LogP contribution in [0.2, 0.25) is 0 Å². The number of hydrogen-bond acceptors (Lipinski definition) is 5. The number of Topliss-reactive ketones (excluding diaryl/α,β-unsaturated/α-hetero) is 1. The summed E-state index contributed by atoms with van der Waals surface area (Å²) >= 11 is 0. The van der Waals surface area contributed by atoms with E-state index in [4.69, 9.17) is 13.9 Å². The van der Waals surface area contributed by atoms with Crippen molar-refractivity contribution < 1.29 is 18.7 Å². The van der Waals surface area contributed by atoms with Crippen molar-refractivity contribution in [1.82, 2.24) is 0 Å². The van der Waals surface area contributed by atoms with Crippen molar-refractivity contribution in [1.29, 1.82) is 0 Å². The number of hydrogen-bond donors (Lipinski definition) is 0. The molecule has 1 aromatic heterocycles. The van der Waals surface area contributed by atoms with Gasteiger partial charge in [-0.2, -0.15) is 0 Å². The summed E-state index contributed by atoms with van der Waals surface area (Å²) in [5, 5.41) is 0.815.